The number of nitrogens with one attached hydrogen (secondary N) is 1. The molecule has 0 unspecified atom stereocenters. The van der Waals surface area contributed by atoms with Gasteiger partial charge in [0.15, 0.2) is 11.5 Å². The Bertz CT molecular complexity index is 836. The van der Waals surface area contributed by atoms with Crippen molar-refractivity contribution in [3.05, 3.63) is 74.6 Å². The van der Waals surface area contributed by atoms with Crippen molar-refractivity contribution in [3.63, 3.8) is 0 Å². The van der Waals surface area contributed by atoms with Crippen LogP contribution in [0.5, 0.6) is 11.5 Å². The first kappa shape index (κ1) is 18.2. The molecule has 2 heterocycles. The van der Waals surface area contributed by atoms with Gasteiger partial charge in [0.25, 0.3) is 0 Å². The fraction of sp³-hybridized carbons (Fsp3) is 0.150. The minimum Gasteiger partial charge on any atom is -0.493 e. The number of rotatable bonds is 7. The maximum atomic E-state index is 12.4. The highest BCUT2D eigenvalue weighted by molar-refractivity contribution is 7.10. The first-order chi connectivity index (χ1) is 12.7. The minimum absolute atomic E-state index is 0.135. The summed E-state index contributed by atoms with van der Waals surface area (Å²) in [6.07, 6.45) is 3.30. The molecule has 0 saturated heterocycles. The van der Waals surface area contributed by atoms with Gasteiger partial charge in [0.2, 0.25) is 5.91 Å². The summed E-state index contributed by atoms with van der Waals surface area (Å²) in [5.74, 6) is 1.14. The fourth-order valence-corrected chi connectivity index (χ4v) is 4.02. The van der Waals surface area contributed by atoms with E-state index in [4.69, 9.17) is 9.47 Å². The molecule has 3 rings (SSSR count). The van der Waals surface area contributed by atoms with E-state index in [1.165, 1.54) is 6.08 Å². The third-order valence-corrected chi connectivity index (χ3v) is 5.46. The zero-order chi connectivity index (χ0) is 18.4. The molecule has 4 nitrogen and oxygen atoms in total. The monoisotopic (exact) mass is 385 g/mol. The Morgan fingerprint density at radius 3 is 2.62 bits per heavy atom. The van der Waals surface area contributed by atoms with Gasteiger partial charge in [0.05, 0.1) is 20.3 Å². The van der Waals surface area contributed by atoms with Gasteiger partial charge >= 0.3 is 0 Å². The van der Waals surface area contributed by atoms with E-state index in [0.29, 0.717) is 11.5 Å². The molecule has 0 saturated carbocycles. The second-order valence-corrected chi connectivity index (χ2v) is 7.22. The molecule has 2 aromatic heterocycles. The van der Waals surface area contributed by atoms with Gasteiger partial charge in [-0.3, -0.25) is 4.79 Å². The Morgan fingerprint density at radius 2 is 1.96 bits per heavy atom. The average Bonchev–Trinajstić information content (AvgIpc) is 3.38. The predicted octanol–water partition coefficient (Wildman–Crippen LogP) is 4.75. The molecule has 26 heavy (non-hydrogen) atoms. The summed E-state index contributed by atoms with van der Waals surface area (Å²) in [6, 6.07) is 11.4. The van der Waals surface area contributed by atoms with Crippen molar-refractivity contribution in [3.8, 4) is 11.5 Å². The normalized spacial score (nSPS) is 12.1. The Balaban J connectivity index is 1.74. The predicted molar refractivity (Wildman–Crippen MR) is 107 cm³/mol. The quantitative estimate of drug-likeness (QED) is 0.597. The van der Waals surface area contributed by atoms with E-state index in [1.54, 1.807) is 43.0 Å². The van der Waals surface area contributed by atoms with Gasteiger partial charge in [-0.15, -0.1) is 11.3 Å². The summed E-state index contributed by atoms with van der Waals surface area (Å²) in [6.45, 7) is 0. The second-order valence-electron chi connectivity index (χ2n) is 5.46. The Hall–Kier alpha value is -2.57. The Morgan fingerprint density at radius 1 is 1.12 bits per heavy atom. The van der Waals surface area contributed by atoms with Crippen molar-refractivity contribution < 1.29 is 14.3 Å². The van der Waals surface area contributed by atoms with Gasteiger partial charge in [-0.25, -0.2) is 0 Å². The summed E-state index contributed by atoms with van der Waals surface area (Å²) in [7, 11) is 3.18. The van der Waals surface area contributed by atoms with Crippen LogP contribution >= 0.6 is 22.7 Å². The second kappa shape index (κ2) is 8.69. The molecule has 3 aromatic rings. The average molecular weight is 386 g/mol. The molecule has 1 amide bonds. The lowest BCUT2D eigenvalue weighted by atomic mass is 10.1. The molecule has 1 atom stereocenters. The maximum absolute atomic E-state index is 12.4. The number of carbonyl (C=O) groups excluding carboxylic acids is 1. The van der Waals surface area contributed by atoms with Gasteiger partial charge in [-0.2, -0.15) is 11.3 Å². The van der Waals surface area contributed by atoms with Crippen molar-refractivity contribution in [2.45, 2.75) is 6.04 Å². The largest absolute Gasteiger partial charge is 0.493 e. The molecular weight excluding hydrogens is 366 g/mol. The molecule has 1 aromatic carbocycles. The lowest BCUT2D eigenvalue weighted by molar-refractivity contribution is -0.116. The van der Waals surface area contributed by atoms with Crippen molar-refractivity contribution >= 4 is 34.7 Å². The first-order valence-electron chi connectivity index (χ1n) is 7.97. The molecule has 6 heteroatoms. The summed E-state index contributed by atoms with van der Waals surface area (Å²) < 4.78 is 10.5. The minimum atomic E-state index is -0.149. The molecule has 0 radical (unpaired) electrons. The van der Waals surface area contributed by atoms with Crippen molar-refractivity contribution in [2.75, 3.05) is 14.2 Å². The number of methoxy groups -OCH3 is 2. The third kappa shape index (κ3) is 4.33. The topological polar surface area (TPSA) is 47.6 Å². The van der Waals surface area contributed by atoms with E-state index >= 15 is 0 Å². The molecular formula is C20H19NO3S2. The standard InChI is InChI=1S/C20H19NO3S2/c1-23-16-7-5-14(12-17(16)24-2)6-8-19(22)21-20(15-9-11-25-13-15)18-4-3-10-26-18/h3-13,20H,1-2H3,(H,21,22)/b8-6+/t20-/m1/s1. The summed E-state index contributed by atoms with van der Waals surface area (Å²) in [5.41, 5.74) is 1.95. The SMILES string of the molecule is COc1ccc(/C=C/C(=O)N[C@H](c2ccsc2)c2cccs2)cc1OC. The third-order valence-electron chi connectivity index (χ3n) is 3.83. The van der Waals surface area contributed by atoms with Crippen LogP contribution in [0.3, 0.4) is 0 Å². The number of hydrogen-bond donors (Lipinski definition) is 1. The van der Waals surface area contributed by atoms with Crippen molar-refractivity contribution in [1.29, 1.82) is 0 Å². The van der Waals surface area contributed by atoms with Crippen molar-refractivity contribution in [2.24, 2.45) is 0 Å². The van der Waals surface area contributed by atoms with Gasteiger partial charge in [-0.05, 0) is 57.6 Å². The lowest BCUT2D eigenvalue weighted by Crippen LogP contribution is -2.26. The number of carbonyl (C=O) groups is 1. The number of thiophene rings is 2. The number of amides is 1. The van der Waals surface area contributed by atoms with Gasteiger partial charge < -0.3 is 14.8 Å². The van der Waals surface area contributed by atoms with Crippen LogP contribution in [0, 0.1) is 0 Å². The molecule has 0 aliphatic carbocycles. The van der Waals surface area contributed by atoms with Gasteiger partial charge in [0.1, 0.15) is 0 Å². The van der Waals surface area contributed by atoms with Crippen LogP contribution in [-0.2, 0) is 4.79 Å². The van der Waals surface area contributed by atoms with E-state index in [0.717, 1.165) is 16.0 Å². The van der Waals surface area contributed by atoms with Gasteiger partial charge in [-0.1, -0.05) is 12.1 Å². The van der Waals surface area contributed by atoms with Crippen LogP contribution < -0.4 is 14.8 Å². The van der Waals surface area contributed by atoms with E-state index in [-0.39, 0.29) is 11.9 Å². The summed E-state index contributed by atoms with van der Waals surface area (Å²) >= 11 is 3.25. The fourth-order valence-electron chi connectivity index (χ4n) is 2.53. The van der Waals surface area contributed by atoms with Gasteiger partial charge in [0, 0.05) is 11.0 Å². The molecule has 0 aliphatic rings. The van der Waals surface area contributed by atoms with E-state index in [1.807, 2.05) is 47.2 Å². The van der Waals surface area contributed by atoms with Crippen LogP contribution in [0.15, 0.2) is 58.6 Å². The Kier molecular flexibility index (Phi) is 6.09. The lowest BCUT2D eigenvalue weighted by Gasteiger charge is -2.15. The van der Waals surface area contributed by atoms with E-state index < -0.39 is 0 Å². The zero-order valence-electron chi connectivity index (χ0n) is 14.5. The Labute approximate surface area is 160 Å². The molecule has 1 N–H and O–H groups in total. The molecule has 134 valence electrons. The van der Waals surface area contributed by atoms with Crippen LogP contribution in [0.2, 0.25) is 0 Å². The highest BCUT2D eigenvalue weighted by atomic mass is 32.1. The van der Waals surface area contributed by atoms with Crippen LogP contribution in [0.1, 0.15) is 22.0 Å². The molecule has 0 bridgehead atoms. The van der Waals surface area contributed by atoms with Crippen LogP contribution in [0.4, 0.5) is 0 Å². The van der Waals surface area contributed by atoms with E-state index in [2.05, 4.69) is 10.7 Å². The molecule has 0 aliphatic heterocycles. The summed E-state index contributed by atoms with van der Waals surface area (Å²) in [4.78, 5) is 13.6. The highest BCUT2D eigenvalue weighted by Gasteiger charge is 2.17. The van der Waals surface area contributed by atoms with E-state index in [9.17, 15) is 4.79 Å². The number of benzene rings is 1. The highest BCUT2D eigenvalue weighted by Crippen LogP contribution is 2.29. The maximum Gasteiger partial charge on any atom is 0.244 e. The van der Waals surface area contributed by atoms with Crippen LogP contribution in [-0.4, -0.2) is 20.1 Å². The molecule has 0 spiro atoms. The number of ether oxygens (including phenoxy) is 2. The zero-order valence-corrected chi connectivity index (χ0v) is 16.1. The number of hydrogen-bond acceptors (Lipinski definition) is 5. The van der Waals surface area contributed by atoms with Crippen LogP contribution in [0.25, 0.3) is 6.08 Å². The smallest absolute Gasteiger partial charge is 0.244 e. The summed E-state index contributed by atoms with van der Waals surface area (Å²) in [5, 5.41) is 9.17. The first-order valence-corrected chi connectivity index (χ1v) is 9.79. The van der Waals surface area contributed by atoms with Crippen molar-refractivity contribution in [1.82, 2.24) is 5.32 Å². The molecule has 0 fully saturated rings.